The van der Waals surface area contributed by atoms with E-state index in [-0.39, 0.29) is 11.8 Å². The van der Waals surface area contributed by atoms with Crippen LogP contribution < -0.4 is 4.90 Å². The van der Waals surface area contributed by atoms with Crippen molar-refractivity contribution >= 4 is 22.6 Å². The number of hydrogen-bond acceptors (Lipinski definition) is 2. The van der Waals surface area contributed by atoms with Gasteiger partial charge in [0.1, 0.15) is 5.82 Å². The highest BCUT2D eigenvalue weighted by Crippen LogP contribution is 2.33. The van der Waals surface area contributed by atoms with E-state index in [1.54, 1.807) is 0 Å². The minimum absolute atomic E-state index is 0.0501. The van der Waals surface area contributed by atoms with Crippen molar-refractivity contribution in [2.45, 2.75) is 32.2 Å². The quantitative estimate of drug-likeness (QED) is 0.677. The molecule has 1 aliphatic rings. The maximum absolute atomic E-state index is 12.6. The second-order valence-corrected chi connectivity index (χ2v) is 6.67. The van der Waals surface area contributed by atoms with Gasteiger partial charge in [0.15, 0.2) is 0 Å². The van der Waals surface area contributed by atoms with Crippen LogP contribution in [0.5, 0.6) is 0 Å². The number of fused-ring (bicyclic) bond motifs is 1. The van der Waals surface area contributed by atoms with Crippen LogP contribution in [0.4, 0.5) is 5.69 Å². The van der Waals surface area contributed by atoms with E-state index in [1.807, 2.05) is 41.3 Å². The van der Waals surface area contributed by atoms with Gasteiger partial charge in [0.05, 0.1) is 17.6 Å². The number of terminal acetylenes is 1. The first-order valence-electron chi connectivity index (χ1n) is 8.99. The molecule has 1 aliphatic heterocycles. The van der Waals surface area contributed by atoms with Crippen molar-refractivity contribution in [1.29, 1.82) is 0 Å². The van der Waals surface area contributed by atoms with Crippen LogP contribution in [-0.2, 0) is 17.8 Å². The van der Waals surface area contributed by atoms with Crippen LogP contribution in [0.3, 0.4) is 0 Å². The molecule has 3 aromatic rings. The topological polar surface area (TPSA) is 38.1 Å². The van der Waals surface area contributed by atoms with Crippen molar-refractivity contribution in [1.82, 2.24) is 9.55 Å². The fourth-order valence-electron chi connectivity index (χ4n) is 3.70. The van der Waals surface area contributed by atoms with Crippen molar-refractivity contribution in [3.63, 3.8) is 0 Å². The Morgan fingerprint density at radius 2 is 1.96 bits per heavy atom. The Hall–Kier alpha value is -3.06. The summed E-state index contributed by atoms with van der Waals surface area (Å²) in [7, 11) is 0. The Bertz CT molecular complexity index is 994. The Balaban J connectivity index is 1.67. The summed E-state index contributed by atoms with van der Waals surface area (Å²) in [5.41, 5.74) is 4.18. The van der Waals surface area contributed by atoms with E-state index in [9.17, 15) is 4.79 Å². The summed E-state index contributed by atoms with van der Waals surface area (Å²) in [5.74, 6) is 3.81. The van der Waals surface area contributed by atoms with Gasteiger partial charge in [-0.15, -0.1) is 6.42 Å². The summed E-state index contributed by atoms with van der Waals surface area (Å²) in [5, 5.41) is 0. The maximum atomic E-state index is 12.6. The number of hydrogen-bond donors (Lipinski definition) is 0. The molecule has 4 heteroatoms. The zero-order chi connectivity index (χ0) is 18.1. The molecule has 1 aromatic heterocycles. The molecular formula is C22H21N3O. The van der Waals surface area contributed by atoms with Gasteiger partial charge in [-0.25, -0.2) is 4.98 Å². The predicted molar refractivity (Wildman–Crippen MR) is 104 cm³/mol. The van der Waals surface area contributed by atoms with Gasteiger partial charge >= 0.3 is 0 Å². The largest absolute Gasteiger partial charge is 0.316 e. The molecule has 130 valence electrons. The molecule has 0 spiro atoms. The fraction of sp³-hybridized carbons (Fsp3) is 0.273. The Morgan fingerprint density at radius 1 is 1.19 bits per heavy atom. The second-order valence-electron chi connectivity index (χ2n) is 6.67. The van der Waals surface area contributed by atoms with Crippen LogP contribution in [0.1, 0.15) is 30.7 Å². The molecule has 0 aliphatic carbocycles. The van der Waals surface area contributed by atoms with E-state index in [4.69, 9.17) is 11.4 Å². The molecule has 0 radical (unpaired) electrons. The average Bonchev–Trinajstić information content (AvgIpc) is 3.23. The van der Waals surface area contributed by atoms with E-state index in [0.29, 0.717) is 19.5 Å². The smallest absolute Gasteiger partial charge is 0.227 e. The molecule has 2 aromatic carbocycles. The zero-order valence-electron chi connectivity index (χ0n) is 14.9. The van der Waals surface area contributed by atoms with Gasteiger partial charge in [0.2, 0.25) is 5.91 Å². The van der Waals surface area contributed by atoms with E-state index >= 15 is 0 Å². The number of amides is 1. The number of carbonyl (C=O) groups is 1. The summed E-state index contributed by atoms with van der Waals surface area (Å²) >= 11 is 0. The SMILES string of the molecule is C#CCn1c([C@H]2CC(=O)N(c3ccc(CC)cc3)C2)nc2ccccc21. The summed E-state index contributed by atoms with van der Waals surface area (Å²) in [6, 6.07) is 16.2. The molecule has 1 fully saturated rings. The molecule has 0 saturated carbocycles. The van der Waals surface area contributed by atoms with Crippen molar-refractivity contribution < 1.29 is 4.79 Å². The van der Waals surface area contributed by atoms with Gasteiger partial charge in [0, 0.05) is 24.6 Å². The third kappa shape index (κ3) is 2.76. The average molecular weight is 343 g/mol. The molecule has 26 heavy (non-hydrogen) atoms. The number of carbonyl (C=O) groups excluding carboxylic acids is 1. The zero-order valence-corrected chi connectivity index (χ0v) is 14.9. The minimum atomic E-state index is 0.0501. The van der Waals surface area contributed by atoms with E-state index < -0.39 is 0 Å². The highest BCUT2D eigenvalue weighted by Gasteiger charge is 2.34. The second kappa shape index (κ2) is 6.68. The molecule has 1 saturated heterocycles. The van der Waals surface area contributed by atoms with Crippen LogP contribution in [-0.4, -0.2) is 22.0 Å². The number of anilines is 1. The summed E-state index contributed by atoms with van der Waals surface area (Å²) < 4.78 is 2.07. The molecule has 4 rings (SSSR count). The predicted octanol–water partition coefficient (Wildman–Crippen LogP) is 3.75. The maximum Gasteiger partial charge on any atom is 0.227 e. The summed E-state index contributed by atoms with van der Waals surface area (Å²) in [6.07, 6.45) is 7.03. The summed E-state index contributed by atoms with van der Waals surface area (Å²) in [4.78, 5) is 19.3. The van der Waals surface area contributed by atoms with Crippen LogP contribution in [0.25, 0.3) is 11.0 Å². The Morgan fingerprint density at radius 3 is 2.69 bits per heavy atom. The highest BCUT2D eigenvalue weighted by molar-refractivity contribution is 5.96. The monoisotopic (exact) mass is 343 g/mol. The number of aryl methyl sites for hydroxylation is 1. The molecular weight excluding hydrogens is 322 g/mol. The van der Waals surface area contributed by atoms with Gasteiger partial charge in [0.25, 0.3) is 0 Å². The minimum Gasteiger partial charge on any atom is -0.316 e. The van der Waals surface area contributed by atoms with Gasteiger partial charge in [-0.05, 0) is 36.2 Å². The van der Waals surface area contributed by atoms with Crippen LogP contribution in [0.2, 0.25) is 0 Å². The normalized spacial score (nSPS) is 17.0. The first-order chi connectivity index (χ1) is 12.7. The lowest BCUT2D eigenvalue weighted by molar-refractivity contribution is -0.117. The van der Waals surface area contributed by atoms with Crippen LogP contribution in [0.15, 0.2) is 48.5 Å². The lowest BCUT2D eigenvalue weighted by atomic mass is 10.1. The van der Waals surface area contributed by atoms with Gasteiger partial charge < -0.3 is 9.47 Å². The molecule has 4 nitrogen and oxygen atoms in total. The number of benzene rings is 2. The third-order valence-electron chi connectivity index (χ3n) is 5.08. The molecule has 0 N–H and O–H groups in total. The lowest BCUT2D eigenvalue weighted by Crippen LogP contribution is -2.24. The van der Waals surface area contributed by atoms with Crippen molar-refractivity contribution in [3.8, 4) is 12.3 Å². The number of para-hydroxylation sites is 2. The molecule has 2 heterocycles. The Labute approximate surface area is 153 Å². The molecule has 0 unspecified atom stereocenters. The number of rotatable bonds is 4. The van der Waals surface area contributed by atoms with Crippen LogP contribution >= 0.6 is 0 Å². The Kier molecular flexibility index (Phi) is 4.22. The van der Waals surface area contributed by atoms with Crippen LogP contribution in [0, 0.1) is 12.3 Å². The van der Waals surface area contributed by atoms with Crippen molar-refractivity contribution in [2.24, 2.45) is 0 Å². The van der Waals surface area contributed by atoms with Gasteiger partial charge in [-0.2, -0.15) is 0 Å². The number of aromatic nitrogens is 2. The molecule has 1 atom stereocenters. The van der Waals surface area contributed by atoms with Gasteiger partial charge in [-0.3, -0.25) is 4.79 Å². The molecule has 1 amide bonds. The first kappa shape index (κ1) is 16.4. The summed E-state index contributed by atoms with van der Waals surface area (Å²) in [6.45, 7) is 3.23. The molecule has 0 bridgehead atoms. The first-order valence-corrected chi connectivity index (χ1v) is 8.99. The van der Waals surface area contributed by atoms with Crippen molar-refractivity contribution in [3.05, 3.63) is 59.9 Å². The van der Waals surface area contributed by atoms with E-state index in [1.165, 1.54) is 5.56 Å². The lowest BCUT2D eigenvalue weighted by Gasteiger charge is -2.17. The third-order valence-corrected chi connectivity index (χ3v) is 5.08. The van der Waals surface area contributed by atoms with Gasteiger partial charge in [-0.1, -0.05) is 37.1 Å². The number of imidazole rings is 1. The fourth-order valence-corrected chi connectivity index (χ4v) is 3.70. The number of nitrogens with zero attached hydrogens (tertiary/aromatic N) is 3. The highest BCUT2D eigenvalue weighted by atomic mass is 16.2. The van der Waals surface area contributed by atoms with E-state index in [0.717, 1.165) is 29.0 Å². The van der Waals surface area contributed by atoms with Crippen molar-refractivity contribution in [2.75, 3.05) is 11.4 Å². The van der Waals surface area contributed by atoms with E-state index in [2.05, 4.69) is 29.5 Å². The standard InChI is InChI=1S/C22H21N3O/c1-3-13-24-20-8-6-5-7-19(20)23-22(24)17-14-21(26)25(15-17)18-11-9-16(4-2)10-12-18/h1,5-12,17H,4,13-15H2,2H3/t17-/m0/s1.